The van der Waals surface area contributed by atoms with E-state index >= 15 is 0 Å². The molecule has 2 aromatic rings. The second-order valence-electron chi connectivity index (χ2n) is 5.42. The molecule has 0 atom stereocenters. The predicted molar refractivity (Wildman–Crippen MR) is 94.9 cm³/mol. The van der Waals surface area contributed by atoms with Crippen LogP contribution in [0.5, 0.6) is 5.75 Å². The van der Waals surface area contributed by atoms with Crippen molar-refractivity contribution in [1.29, 1.82) is 0 Å². The summed E-state index contributed by atoms with van der Waals surface area (Å²) in [5.74, 6) is -1.11. The Morgan fingerprint density at radius 1 is 1.24 bits per heavy atom. The molecule has 1 amide bonds. The molecule has 25 heavy (non-hydrogen) atoms. The number of ether oxygens (including phenoxy) is 1. The number of carbonyl (C=O) groups is 1. The Bertz CT molecular complexity index is 863. The maximum absolute atomic E-state index is 13.8. The summed E-state index contributed by atoms with van der Waals surface area (Å²) in [4.78, 5) is 15.2. The Balaban J connectivity index is 1.83. The number of amides is 1. The number of rotatable bonds is 4. The van der Waals surface area contributed by atoms with Crippen molar-refractivity contribution >= 4 is 40.5 Å². The van der Waals surface area contributed by atoms with Crippen LogP contribution in [-0.4, -0.2) is 29.6 Å². The number of hydrogen-bond donors (Lipinski definition) is 0. The van der Waals surface area contributed by atoms with Crippen molar-refractivity contribution in [3.05, 3.63) is 58.6 Å². The highest BCUT2D eigenvalue weighted by Crippen LogP contribution is 2.31. The lowest BCUT2D eigenvalue weighted by atomic mass is 10.2. The fourth-order valence-electron chi connectivity index (χ4n) is 2.58. The van der Waals surface area contributed by atoms with Crippen LogP contribution in [0.1, 0.15) is 5.56 Å². The number of thiocarbonyl (C=S) groups is 1. The lowest BCUT2D eigenvalue weighted by Gasteiger charge is -2.21. The van der Waals surface area contributed by atoms with Crippen LogP contribution in [0.3, 0.4) is 0 Å². The number of halogens is 3. The number of nitrogens with zero attached hydrogens (tertiary/aromatic N) is 2. The maximum atomic E-state index is 13.8. The van der Waals surface area contributed by atoms with E-state index in [-0.39, 0.29) is 29.7 Å². The first-order valence-corrected chi connectivity index (χ1v) is 8.08. The second-order valence-corrected chi connectivity index (χ2v) is 6.19. The second kappa shape index (κ2) is 6.93. The lowest BCUT2D eigenvalue weighted by Crippen LogP contribution is -2.32. The molecule has 1 saturated heterocycles. The monoisotopic (exact) mass is 382 g/mol. The Kier molecular flexibility index (Phi) is 4.87. The SMILES string of the molecule is COc1ccc(N2C(=O)CN(Cc3ccc(F)cc3F)C2=S)cc1Cl. The van der Waals surface area contributed by atoms with Crippen LogP contribution in [0.25, 0.3) is 0 Å². The summed E-state index contributed by atoms with van der Waals surface area (Å²) in [6.45, 7) is 0.0658. The topological polar surface area (TPSA) is 32.8 Å². The zero-order valence-corrected chi connectivity index (χ0v) is 14.7. The largest absolute Gasteiger partial charge is 0.495 e. The minimum atomic E-state index is -0.679. The summed E-state index contributed by atoms with van der Waals surface area (Å²) in [6, 6.07) is 8.18. The quantitative estimate of drug-likeness (QED) is 0.754. The van der Waals surface area contributed by atoms with Crippen molar-refractivity contribution in [1.82, 2.24) is 4.90 Å². The van der Waals surface area contributed by atoms with Crippen molar-refractivity contribution in [2.75, 3.05) is 18.6 Å². The molecule has 0 unspecified atom stereocenters. The molecule has 0 radical (unpaired) electrons. The molecule has 4 nitrogen and oxygen atoms in total. The third-order valence-corrected chi connectivity index (χ3v) is 4.54. The fraction of sp³-hybridized carbons (Fsp3) is 0.176. The van der Waals surface area contributed by atoms with Crippen molar-refractivity contribution < 1.29 is 18.3 Å². The van der Waals surface area contributed by atoms with Gasteiger partial charge < -0.3 is 9.64 Å². The summed E-state index contributed by atoms with van der Waals surface area (Å²) in [5, 5.41) is 0.577. The summed E-state index contributed by atoms with van der Waals surface area (Å²) >= 11 is 11.5. The molecular weight excluding hydrogens is 370 g/mol. The number of hydrogen-bond acceptors (Lipinski definition) is 3. The van der Waals surface area contributed by atoms with Crippen LogP contribution in [0.15, 0.2) is 36.4 Å². The van der Waals surface area contributed by atoms with Crippen LogP contribution in [-0.2, 0) is 11.3 Å². The van der Waals surface area contributed by atoms with E-state index in [1.807, 2.05) is 0 Å². The van der Waals surface area contributed by atoms with E-state index in [4.69, 9.17) is 28.6 Å². The molecule has 0 aromatic heterocycles. The first-order valence-electron chi connectivity index (χ1n) is 7.30. The summed E-state index contributed by atoms with van der Waals surface area (Å²) in [5.41, 5.74) is 0.758. The minimum Gasteiger partial charge on any atom is -0.495 e. The van der Waals surface area contributed by atoms with Gasteiger partial charge in [-0.1, -0.05) is 17.7 Å². The standard InChI is InChI=1S/C17H13ClF2N2O2S/c1-24-15-5-4-12(7-13(15)18)22-16(23)9-21(17(22)25)8-10-2-3-11(19)6-14(10)20/h2-7H,8-9H2,1H3. The van der Waals surface area contributed by atoms with Gasteiger partial charge in [0, 0.05) is 18.2 Å². The molecule has 8 heteroatoms. The first-order chi connectivity index (χ1) is 11.9. The van der Waals surface area contributed by atoms with Gasteiger partial charge in [-0.15, -0.1) is 0 Å². The highest BCUT2D eigenvalue weighted by atomic mass is 35.5. The lowest BCUT2D eigenvalue weighted by molar-refractivity contribution is -0.116. The van der Waals surface area contributed by atoms with E-state index in [0.717, 1.165) is 6.07 Å². The first kappa shape index (κ1) is 17.6. The van der Waals surface area contributed by atoms with E-state index in [0.29, 0.717) is 16.5 Å². The van der Waals surface area contributed by atoms with E-state index in [1.165, 1.54) is 24.1 Å². The molecular formula is C17H13ClF2N2O2S. The van der Waals surface area contributed by atoms with Crippen molar-refractivity contribution in [2.45, 2.75) is 6.54 Å². The van der Waals surface area contributed by atoms with E-state index in [9.17, 15) is 13.6 Å². The number of anilines is 1. The van der Waals surface area contributed by atoms with Crippen LogP contribution in [0.4, 0.5) is 14.5 Å². The molecule has 0 N–H and O–H groups in total. The average Bonchev–Trinajstić information content (AvgIpc) is 2.84. The minimum absolute atomic E-state index is 0.000696. The molecule has 2 aromatic carbocycles. The van der Waals surface area contributed by atoms with Crippen LogP contribution < -0.4 is 9.64 Å². The van der Waals surface area contributed by atoms with Gasteiger partial charge in [-0.2, -0.15) is 0 Å². The van der Waals surface area contributed by atoms with Gasteiger partial charge in [-0.3, -0.25) is 9.69 Å². The smallest absolute Gasteiger partial charge is 0.252 e. The van der Waals surface area contributed by atoms with E-state index < -0.39 is 11.6 Å². The molecule has 1 aliphatic heterocycles. The number of benzene rings is 2. The predicted octanol–water partition coefficient (Wildman–Crippen LogP) is 3.76. The van der Waals surface area contributed by atoms with Crippen molar-refractivity contribution in [3.63, 3.8) is 0 Å². The summed E-state index contributed by atoms with van der Waals surface area (Å²) in [6.07, 6.45) is 0. The Morgan fingerprint density at radius 2 is 2.00 bits per heavy atom. The number of methoxy groups -OCH3 is 1. The van der Waals surface area contributed by atoms with Crippen molar-refractivity contribution in [3.8, 4) is 5.75 Å². The third kappa shape index (κ3) is 3.43. The molecule has 1 aliphatic rings. The third-order valence-electron chi connectivity index (χ3n) is 3.81. The van der Waals surface area contributed by atoms with Crippen LogP contribution in [0.2, 0.25) is 5.02 Å². The molecule has 0 spiro atoms. The fourth-order valence-corrected chi connectivity index (χ4v) is 3.17. The van der Waals surface area contributed by atoms with E-state index in [2.05, 4.69) is 0 Å². The van der Waals surface area contributed by atoms with Gasteiger partial charge in [0.25, 0.3) is 5.91 Å². The Hall–Kier alpha value is -2.25. The molecule has 0 bridgehead atoms. The zero-order valence-electron chi connectivity index (χ0n) is 13.1. The van der Waals surface area contributed by atoms with Gasteiger partial charge in [0.05, 0.1) is 17.8 Å². The Labute approximate surface area is 153 Å². The highest BCUT2D eigenvalue weighted by molar-refractivity contribution is 7.80. The summed E-state index contributed by atoms with van der Waals surface area (Å²) < 4.78 is 32.0. The van der Waals surface area contributed by atoms with E-state index in [1.54, 1.807) is 23.1 Å². The molecule has 3 rings (SSSR count). The molecule has 0 aliphatic carbocycles. The molecule has 130 valence electrons. The molecule has 1 heterocycles. The summed E-state index contributed by atoms with van der Waals surface area (Å²) in [7, 11) is 1.49. The average molecular weight is 383 g/mol. The van der Waals surface area contributed by atoms with Crippen LogP contribution >= 0.6 is 23.8 Å². The Morgan fingerprint density at radius 3 is 2.64 bits per heavy atom. The molecule has 0 saturated carbocycles. The number of carbonyl (C=O) groups excluding carboxylic acids is 1. The highest BCUT2D eigenvalue weighted by Gasteiger charge is 2.34. The van der Waals surface area contributed by atoms with Gasteiger partial charge in [-0.25, -0.2) is 8.78 Å². The van der Waals surface area contributed by atoms with Gasteiger partial charge >= 0.3 is 0 Å². The van der Waals surface area contributed by atoms with Crippen LogP contribution in [0, 0.1) is 11.6 Å². The zero-order chi connectivity index (χ0) is 18.1. The van der Waals surface area contributed by atoms with Gasteiger partial charge in [-0.05, 0) is 36.5 Å². The molecule has 1 fully saturated rings. The maximum Gasteiger partial charge on any atom is 0.252 e. The normalized spacial score (nSPS) is 14.4. The van der Waals surface area contributed by atoms with Crippen molar-refractivity contribution in [2.24, 2.45) is 0 Å². The van der Waals surface area contributed by atoms with Gasteiger partial charge in [0.15, 0.2) is 5.11 Å². The van der Waals surface area contributed by atoms with Gasteiger partial charge in [0.2, 0.25) is 0 Å². The van der Waals surface area contributed by atoms with Gasteiger partial charge in [0.1, 0.15) is 23.9 Å².